The van der Waals surface area contributed by atoms with Crippen LogP contribution in [0.1, 0.15) is 36.9 Å². The fourth-order valence-corrected chi connectivity index (χ4v) is 3.83. The number of nitrogens with zero attached hydrogens (tertiary/aromatic N) is 2. The Balaban J connectivity index is 1.37. The van der Waals surface area contributed by atoms with E-state index < -0.39 is 0 Å². The third kappa shape index (κ3) is 6.81. The molecule has 0 saturated heterocycles. The average Bonchev–Trinajstić information content (AvgIpc) is 3.30. The number of hydrogen-bond acceptors (Lipinski definition) is 4. The van der Waals surface area contributed by atoms with Crippen molar-refractivity contribution in [3.8, 4) is 22.8 Å². The predicted octanol–water partition coefficient (Wildman–Crippen LogP) is 5.04. The van der Waals surface area contributed by atoms with E-state index in [1.54, 1.807) is 25.2 Å². The number of H-pyrrole nitrogens is 1. The van der Waals surface area contributed by atoms with Crippen molar-refractivity contribution >= 4 is 5.91 Å². The van der Waals surface area contributed by atoms with Crippen molar-refractivity contribution in [1.29, 1.82) is 0 Å². The lowest BCUT2D eigenvalue weighted by atomic mass is 10.1. The number of ether oxygens (including phenoxy) is 2. The Hall–Kier alpha value is -3.35. The first kappa shape index (κ1) is 24.3. The smallest absolute Gasteiger partial charge is 0.222 e. The number of unbranched alkanes of at least 4 members (excludes halogenated alkanes) is 2. The van der Waals surface area contributed by atoms with Crippen LogP contribution in [0.2, 0.25) is 0 Å². The van der Waals surface area contributed by atoms with Gasteiger partial charge in [-0.15, -0.1) is 0 Å². The molecule has 0 saturated carbocycles. The predicted molar refractivity (Wildman–Crippen MR) is 127 cm³/mol. The van der Waals surface area contributed by atoms with E-state index in [1.165, 1.54) is 12.1 Å². The van der Waals surface area contributed by atoms with E-state index in [4.69, 9.17) is 9.47 Å². The number of para-hydroxylation sites is 1. The molecule has 7 heteroatoms. The minimum atomic E-state index is -0.265. The van der Waals surface area contributed by atoms with Crippen molar-refractivity contribution in [2.45, 2.75) is 38.5 Å². The van der Waals surface area contributed by atoms with Crippen molar-refractivity contribution in [2.75, 3.05) is 27.8 Å². The molecule has 0 atom stereocenters. The number of aryl methyl sites for hydroxylation is 2. The highest BCUT2D eigenvalue weighted by molar-refractivity contribution is 5.76. The zero-order valence-corrected chi connectivity index (χ0v) is 19.6. The van der Waals surface area contributed by atoms with Gasteiger partial charge in [0.2, 0.25) is 5.91 Å². The minimum absolute atomic E-state index is 0.119. The topological polar surface area (TPSA) is 67.5 Å². The van der Waals surface area contributed by atoms with Gasteiger partial charge < -0.3 is 14.4 Å². The summed E-state index contributed by atoms with van der Waals surface area (Å²) in [4.78, 5) is 14.3. The first-order valence-electron chi connectivity index (χ1n) is 11.3. The maximum absolute atomic E-state index is 13.4. The Labute approximate surface area is 194 Å². The van der Waals surface area contributed by atoms with Crippen LogP contribution in [0, 0.1) is 5.82 Å². The Kier molecular flexibility index (Phi) is 8.87. The first-order chi connectivity index (χ1) is 16.0. The van der Waals surface area contributed by atoms with Gasteiger partial charge in [0, 0.05) is 31.3 Å². The molecule has 0 bridgehead atoms. The second-order valence-corrected chi connectivity index (χ2v) is 8.07. The number of carbonyl (C=O) groups is 1. The van der Waals surface area contributed by atoms with Crippen LogP contribution in [-0.4, -0.2) is 48.8 Å². The number of carbonyl (C=O) groups excluding carboxylic acids is 1. The van der Waals surface area contributed by atoms with E-state index >= 15 is 0 Å². The van der Waals surface area contributed by atoms with Crippen LogP contribution in [0.3, 0.4) is 0 Å². The van der Waals surface area contributed by atoms with Crippen LogP contribution in [0.4, 0.5) is 4.39 Å². The standard InChI is InChI=1S/C26H32FN3O3/c1-30(25(31)15-14-19-9-8-13-24(32-2)26(19)33-3)16-6-4-5-12-22-18-23(29-28-22)20-10-7-11-21(27)17-20/h7-11,13,17-18H,4-6,12,14-16H2,1-3H3,(H,28,29). The van der Waals surface area contributed by atoms with Crippen LogP contribution in [0.25, 0.3) is 11.3 Å². The molecule has 0 radical (unpaired) electrons. The van der Waals surface area contributed by atoms with Crippen molar-refractivity contribution < 1.29 is 18.7 Å². The van der Waals surface area contributed by atoms with E-state index in [-0.39, 0.29) is 11.7 Å². The molecule has 0 unspecified atom stereocenters. The summed E-state index contributed by atoms with van der Waals surface area (Å²) >= 11 is 0. The van der Waals surface area contributed by atoms with E-state index in [1.807, 2.05) is 37.4 Å². The molecule has 0 aliphatic heterocycles. The summed E-state index contributed by atoms with van der Waals surface area (Å²) in [6, 6.07) is 14.1. The molecular weight excluding hydrogens is 421 g/mol. The zero-order chi connectivity index (χ0) is 23.6. The molecule has 1 heterocycles. The van der Waals surface area contributed by atoms with Crippen LogP contribution < -0.4 is 9.47 Å². The number of hydrogen-bond donors (Lipinski definition) is 1. The lowest BCUT2D eigenvalue weighted by Gasteiger charge is -2.18. The summed E-state index contributed by atoms with van der Waals surface area (Å²) in [5.74, 6) is 1.22. The van der Waals surface area contributed by atoms with Crippen molar-refractivity contribution in [3.63, 3.8) is 0 Å². The third-order valence-corrected chi connectivity index (χ3v) is 5.71. The van der Waals surface area contributed by atoms with Gasteiger partial charge in [0.05, 0.1) is 19.9 Å². The Morgan fingerprint density at radius 2 is 1.85 bits per heavy atom. The number of halogens is 1. The quantitative estimate of drug-likeness (QED) is 0.390. The second kappa shape index (κ2) is 12.0. The monoisotopic (exact) mass is 453 g/mol. The number of nitrogens with one attached hydrogen (secondary N) is 1. The van der Waals surface area contributed by atoms with E-state index in [0.717, 1.165) is 54.7 Å². The van der Waals surface area contributed by atoms with Gasteiger partial charge in [-0.25, -0.2) is 4.39 Å². The second-order valence-electron chi connectivity index (χ2n) is 8.07. The lowest BCUT2D eigenvalue weighted by molar-refractivity contribution is -0.129. The molecule has 6 nitrogen and oxygen atoms in total. The van der Waals surface area contributed by atoms with Gasteiger partial charge in [0.25, 0.3) is 0 Å². The summed E-state index contributed by atoms with van der Waals surface area (Å²) in [5.41, 5.74) is 3.52. The summed E-state index contributed by atoms with van der Waals surface area (Å²) in [6.45, 7) is 0.728. The van der Waals surface area contributed by atoms with E-state index in [0.29, 0.717) is 24.3 Å². The highest BCUT2D eigenvalue weighted by Gasteiger charge is 2.13. The normalized spacial score (nSPS) is 10.8. The Morgan fingerprint density at radius 1 is 1.03 bits per heavy atom. The molecule has 0 aliphatic rings. The van der Waals surface area contributed by atoms with Gasteiger partial charge in [-0.05, 0) is 55.5 Å². The van der Waals surface area contributed by atoms with Gasteiger partial charge in [0.15, 0.2) is 11.5 Å². The molecule has 33 heavy (non-hydrogen) atoms. The average molecular weight is 454 g/mol. The molecule has 176 valence electrons. The number of methoxy groups -OCH3 is 2. The molecule has 3 rings (SSSR count). The molecular formula is C26H32FN3O3. The summed E-state index contributed by atoms with van der Waals surface area (Å²) in [7, 11) is 5.07. The van der Waals surface area contributed by atoms with Crippen LogP contribution in [0.15, 0.2) is 48.5 Å². The highest BCUT2D eigenvalue weighted by Crippen LogP contribution is 2.31. The van der Waals surface area contributed by atoms with Crippen LogP contribution >= 0.6 is 0 Å². The number of benzene rings is 2. The van der Waals surface area contributed by atoms with Gasteiger partial charge in [-0.3, -0.25) is 9.89 Å². The molecule has 1 amide bonds. The summed E-state index contributed by atoms with van der Waals surface area (Å²) < 4.78 is 24.2. The number of aromatic nitrogens is 2. The molecule has 0 spiro atoms. The molecule has 0 fully saturated rings. The zero-order valence-electron chi connectivity index (χ0n) is 19.6. The van der Waals surface area contributed by atoms with Crippen LogP contribution in [-0.2, 0) is 17.6 Å². The van der Waals surface area contributed by atoms with Gasteiger partial charge in [0.1, 0.15) is 5.82 Å². The highest BCUT2D eigenvalue weighted by atomic mass is 19.1. The fourth-order valence-electron chi connectivity index (χ4n) is 3.83. The van der Waals surface area contributed by atoms with Crippen molar-refractivity contribution in [1.82, 2.24) is 15.1 Å². The molecule has 0 aliphatic carbocycles. The molecule has 1 N–H and O–H groups in total. The van der Waals surface area contributed by atoms with Gasteiger partial charge >= 0.3 is 0 Å². The largest absolute Gasteiger partial charge is 0.493 e. The fraction of sp³-hybridized carbons (Fsp3) is 0.385. The van der Waals surface area contributed by atoms with Crippen LogP contribution in [0.5, 0.6) is 11.5 Å². The van der Waals surface area contributed by atoms with E-state index in [9.17, 15) is 9.18 Å². The Morgan fingerprint density at radius 3 is 2.61 bits per heavy atom. The summed E-state index contributed by atoms with van der Waals surface area (Å²) in [6.07, 6.45) is 4.85. The maximum Gasteiger partial charge on any atom is 0.222 e. The molecule has 2 aromatic carbocycles. The minimum Gasteiger partial charge on any atom is -0.493 e. The van der Waals surface area contributed by atoms with Crippen molar-refractivity contribution in [2.24, 2.45) is 0 Å². The lowest BCUT2D eigenvalue weighted by Crippen LogP contribution is -2.28. The number of rotatable bonds is 12. The Bertz CT molecular complexity index is 1050. The summed E-state index contributed by atoms with van der Waals surface area (Å²) in [5, 5.41) is 7.32. The first-order valence-corrected chi connectivity index (χ1v) is 11.3. The van der Waals surface area contributed by atoms with Gasteiger partial charge in [-0.1, -0.05) is 30.7 Å². The van der Waals surface area contributed by atoms with Crippen molar-refractivity contribution in [3.05, 3.63) is 65.6 Å². The molecule has 1 aromatic heterocycles. The molecule has 3 aromatic rings. The third-order valence-electron chi connectivity index (χ3n) is 5.71. The van der Waals surface area contributed by atoms with E-state index in [2.05, 4.69) is 10.2 Å². The number of aromatic amines is 1. The SMILES string of the molecule is COc1cccc(CCC(=O)N(C)CCCCCc2cc(-c3cccc(F)c3)n[nH]2)c1OC. The number of amides is 1. The maximum atomic E-state index is 13.4. The van der Waals surface area contributed by atoms with Gasteiger partial charge in [-0.2, -0.15) is 5.10 Å².